The van der Waals surface area contributed by atoms with Gasteiger partial charge in [0.2, 0.25) is 5.91 Å². The fraction of sp³-hybridized carbons (Fsp3) is 0.435. The molecule has 3 rings (SSSR count). The highest BCUT2D eigenvalue weighted by Crippen LogP contribution is 2.26. The first kappa shape index (κ1) is 20.8. The van der Waals surface area contributed by atoms with Gasteiger partial charge < -0.3 is 9.64 Å². The molecular weight excluding hydrogens is 368 g/mol. The molecule has 0 aliphatic heterocycles. The van der Waals surface area contributed by atoms with Crippen molar-refractivity contribution in [2.45, 2.75) is 57.6 Å². The van der Waals surface area contributed by atoms with Crippen molar-refractivity contribution in [1.29, 1.82) is 0 Å². The van der Waals surface area contributed by atoms with Crippen molar-refractivity contribution < 1.29 is 14.5 Å². The number of nitro groups is 1. The summed E-state index contributed by atoms with van der Waals surface area (Å²) in [6.07, 6.45) is 6.01. The van der Waals surface area contributed by atoms with Crippen molar-refractivity contribution >= 4 is 11.6 Å². The molecule has 0 bridgehead atoms. The zero-order chi connectivity index (χ0) is 20.8. The molecule has 1 aliphatic rings. The van der Waals surface area contributed by atoms with Gasteiger partial charge in [0.15, 0.2) is 0 Å². The van der Waals surface area contributed by atoms with Gasteiger partial charge in [-0.25, -0.2) is 0 Å². The largest absolute Gasteiger partial charge is 0.490 e. The van der Waals surface area contributed by atoms with Crippen LogP contribution < -0.4 is 4.74 Å². The Hall–Kier alpha value is -2.89. The van der Waals surface area contributed by atoms with E-state index in [4.69, 9.17) is 4.74 Å². The molecule has 0 aromatic heterocycles. The monoisotopic (exact) mass is 396 g/mol. The second-order valence-electron chi connectivity index (χ2n) is 7.70. The van der Waals surface area contributed by atoms with Crippen molar-refractivity contribution in [1.82, 2.24) is 4.90 Å². The Morgan fingerprint density at radius 1 is 1.21 bits per heavy atom. The fourth-order valence-electron chi connectivity index (χ4n) is 3.74. The molecule has 154 valence electrons. The average Bonchev–Trinajstić information content (AvgIpc) is 3.24. The number of non-ortho nitro benzene ring substituents is 1. The molecule has 1 aliphatic carbocycles. The minimum absolute atomic E-state index is 0.00567. The summed E-state index contributed by atoms with van der Waals surface area (Å²) in [4.78, 5) is 24.9. The highest BCUT2D eigenvalue weighted by molar-refractivity contribution is 5.76. The molecule has 29 heavy (non-hydrogen) atoms. The lowest BCUT2D eigenvalue weighted by molar-refractivity contribution is -0.384. The number of ether oxygens (including phenoxy) is 1. The van der Waals surface area contributed by atoms with Gasteiger partial charge in [-0.2, -0.15) is 0 Å². The van der Waals surface area contributed by atoms with Crippen molar-refractivity contribution in [3.63, 3.8) is 0 Å². The van der Waals surface area contributed by atoms with E-state index >= 15 is 0 Å². The van der Waals surface area contributed by atoms with E-state index in [0.717, 1.165) is 29.7 Å². The van der Waals surface area contributed by atoms with E-state index in [2.05, 4.69) is 0 Å². The summed E-state index contributed by atoms with van der Waals surface area (Å²) in [5.74, 6) is 0.881. The second kappa shape index (κ2) is 9.54. The molecular formula is C23H28N2O4. The van der Waals surface area contributed by atoms with Crippen LogP contribution in [0.1, 0.15) is 56.2 Å². The lowest BCUT2D eigenvalue weighted by Gasteiger charge is -2.25. The minimum Gasteiger partial charge on any atom is -0.490 e. The first-order chi connectivity index (χ1) is 13.9. The van der Waals surface area contributed by atoms with Crippen LogP contribution in [0.3, 0.4) is 0 Å². The first-order valence-corrected chi connectivity index (χ1v) is 10.2. The van der Waals surface area contributed by atoms with Crippen LogP contribution in [-0.2, 0) is 11.2 Å². The Bertz CT molecular complexity index is 861. The zero-order valence-corrected chi connectivity index (χ0v) is 17.0. The maximum atomic E-state index is 12.7. The number of carbonyl (C=O) groups is 1. The molecule has 0 N–H and O–H groups in total. The van der Waals surface area contributed by atoms with E-state index in [1.807, 2.05) is 37.3 Å². The normalized spacial score (nSPS) is 15.1. The van der Waals surface area contributed by atoms with Gasteiger partial charge >= 0.3 is 0 Å². The lowest BCUT2D eigenvalue weighted by Crippen LogP contribution is -2.29. The third-order valence-corrected chi connectivity index (χ3v) is 5.67. The highest BCUT2D eigenvalue weighted by Gasteiger charge is 2.20. The van der Waals surface area contributed by atoms with Crippen LogP contribution in [0, 0.1) is 10.1 Å². The summed E-state index contributed by atoms with van der Waals surface area (Å²) in [5, 5.41) is 11.0. The van der Waals surface area contributed by atoms with E-state index < -0.39 is 4.92 Å². The van der Waals surface area contributed by atoms with Crippen LogP contribution in [0.4, 0.5) is 5.69 Å². The molecule has 1 atom stereocenters. The molecule has 1 fully saturated rings. The predicted octanol–water partition coefficient (Wildman–Crippen LogP) is 5.07. The number of hydrogen-bond acceptors (Lipinski definition) is 4. The second-order valence-corrected chi connectivity index (χ2v) is 7.70. The van der Waals surface area contributed by atoms with E-state index in [9.17, 15) is 14.9 Å². The molecule has 0 heterocycles. The quantitative estimate of drug-likeness (QED) is 0.461. The Balaban J connectivity index is 1.57. The summed E-state index contributed by atoms with van der Waals surface area (Å²) in [6, 6.07) is 14.2. The highest BCUT2D eigenvalue weighted by atomic mass is 16.6. The summed E-state index contributed by atoms with van der Waals surface area (Å²) >= 11 is 0. The van der Waals surface area contributed by atoms with E-state index in [-0.39, 0.29) is 17.6 Å². The minimum atomic E-state index is -0.418. The van der Waals surface area contributed by atoms with Crippen molar-refractivity contribution in [3.8, 4) is 5.75 Å². The van der Waals surface area contributed by atoms with Crippen LogP contribution in [-0.4, -0.2) is 28.9 Å². The predicted molar refractivity (Wildman–Crippen MR) is 112 cm³/mol. The van der Waals surface area contributed by atoms with Gasteiger partial charge in [0.1, 0.15) is 5.75 Å². The summed E-state index contributed by atoms with van der Waals surface area (Å²) in [7, 11) is 1.74. The van der Waals surface area contributed by atoms with Gasteiger partial charge in [0.05, 0.1) is 17.1 Å². The molecule has 0 spiro atoms. The number of rotatable bonds is 8. The zero-order valence-electron chi connectivity index (χ0n) is 17.0. The molecule has 1 saturated carbocycles. The average molecular weight is 396 g/mol. The van der Waals surface area contributed by atoms with Gasteiger partial charge in [0.25, 0.3) is 5.69 Å². The van der Waals surface area contributed by atoms with Crippen LogP contribution in [0.2, 0.25) is 0 Å². The Labute approximate surface area is 171 Å². The molecule has 6 nitrogen and oxygen atoms in total. The van der Waals surface area contributed by atoms with Gasteiger partial charge in [-0.3, -0.25) is 14.9 Å². The third kappa shape index (κ3) is 5.56. The van der Waals surface area contributed by atoms with E-state index in [1.54, 1.807) is 18.0 Å². The van der Waals surface area contributed by atoms with Crippen LogP contribution in [0.5, 0.6) is 5.75 Å². The number of nitrogens with zero attached hydrogens (tertiary/aromatic N) is 2. The van der Waals surface area contributed by atoms with Crippen LogP contribution in [0.15, 0.2) is 48.5 Å². The number of aryl methyl sites for hydroxylation is 1. The Morgan fingerprint density at radius 3 is 2.66 bits per heavy atom. The Morgan fingerprint density at radius 2 is 1.93 bits per heavy atom. The van der Waals surface area contributed by atoms with Crippen molar-refractivity contribution in [2.75, 3.05) is 7.05 Å². The number of nitro benzene ring substituents is 1. The summed E-state index contributed by atoms with van der Waals surface area (Å²) < 4.78 is 6.05. The molecule has 1 amide bonds. The standard InChI is InChI=1S/C23H28N2O4/c1-17(19-8-6-9-20(16-19)25(27)28)24(2)23(26)14-13-18-7-5-12-22(15-18)29-21-10-3-4-11-21/h5-9,12,15-17,21H,3-4,10-11,13-14H2,1-2H3. The molecule has 2 aromatic carbocycles. The third-order valence-electron chi connectivity index (χ3n) is 5.67. The maximum Gasteiger partial charge on any atom is 0.269 e. The smallest absolute Gasteiger partial charge is 0.269 e. The van der Waals surface area contributed by atoms with E-state index in [0.29, 0.717) is 18.9 Å². The van der Waals surface area contributed by atoms with Gasteiger partial charge in [-0.05, 0) is 62.3 Å². The van der Waals surface area contributed by atoms with Gasteiger partial charge in [-0.15, -0.1) is 0 Å². The van der Waals surface area contributed by atoms with Crippen LogP contribution >= 0.6 is 0 Å². The maximum absolute atomic E-state index is 12.7. The van der Waals surface area contributed by atoms with Gasteiger partial charge in [0, 0.05) is 25.6 Å². The van der Waals surface area contributed by atoms with Crippen molar-refractivity contribution in [3.05, 3.63) is 69.8 Å². The number of hydrogen-bond donors (Lipinski definition) is 0. The van der Waals surface area contributed by atoms with Gasteiger partial charge in [-0.1, -0.05) is 24.3 Å². The molecule has 0 saturated heterocycles. The number of carbonyl (C=O) groups excluding carboxylic acids is 1. The molecule has 1 unspecified atom stereocenters. The summed E-state index contributed by atoms with van der Waals surface area (Å²) in [6.45, 7) is 1.88. The molecule has 0 radical (unpaired) electrons. The fourth-order valence-corrected chi connectivity index (χ4v) is 3.74. The number of benzene rings is 2. The first-order valence-electron chi connectivity index (χ1n) is 10.2. The Kier molecular flexibility index (Phi) is 6.86. The SMILES string of the molecule is CC(c1cccc([N+](=O)[O-])c1)N(C)C(=O)CCc1cccc(OC2CCCC2)c1. The lowest BCUT2D eigenvalue weighted by atomic mass is 10.0. The van der Waals surface area contributed by atoms with Crippen LogP contribution in [0.25, 0.3) is 0 Å². The topological polar surface area (TPSA) is 72.7 Å². The molecule has 2 aromatic rings. The van der Waals surface area contributed by atoms with Crippen molar-refractivity contribution in [2.24, 2.45) is 0 Å². The summed E-state index contributed by atoms with van der Waals surface area (Å²) in [5.41, 5.74) is 1.86. The molecule has 6 heteroatoms. The number of amides is 1. The van der Waals surface area contributed by atoms with E-state index in [1.165, 1.54) is 25.0 Å².